The molecule has 0 amide bonds. The number of anilines is 2. The second-order valence-corrected chi connectivity index (χ2v) is 5.29. The van der Waals surface area contributed by atoms with Crippen molar-refractivity contribution in [1.29, 1.82) is 0 Å². The number of nitrogens with one attached hydrogen (secondary N) is 1. The second kappa shape index (κ2) is 6.72. The smallest absolute Gasteiger partial charge is 0.123 e. The zero-order valence-corrected chi connectivity index (χ0v) is 13.2. The van der Waals surface area contributed by atoms with E-state index in [2.05, 4.69) is 41.4 Å². The number of nitrogens with zero attached hydrogens (tertiary/aromatic N) is 1. The largest absolute Gasteiger partial charge is 0.344 e. The Hall–Kier alpha value is -1.87. The number of benzene rings is 2. The third-order valence-electron chi connectivity index (χ3n) is 3.98. The van der Waals surface area contributed by atoms with Gasteiger partial charge in [0.15, 0.2) is 0 Å². The normalized spacial score (nSPS) is 12.2. The Morgan fingerprint density at radius 2 is 1.81 bits per heavy atom. The van der Waals surface area contributed by atoms with Crippen LogP contribution >= 0.6 is 0 Å². The maximum Gasteiger partial charge on any atom is 0.123 e. The van der Waals surface area contributed by atoms with E-state index in [4.69, 9.17) is 0 Å². The van der Waals surface area contributed by atoms with Gasteiger partial charge in [0, 0.05) is 24.5 Å². The molecule has 0 aliphatic rings. The Bertz CT molecular complexity index is 593. The van der Waals surface area contributed by atoms with Gasteiger partial charge in [0.05, 0.1) is 0 Å². The summed E-state index contributed by atoms with van der Waals surface area (Å²) in [4.78, 5) is 2.10. The molecule has 1 N–H and O–H groups in total. The highest BCUT2D eigenvalue weighted by Crippen LogP contribution is 2.31. The summed E-state index contributed by atoms with van der Waals surface area (Å²) >= 11 is 0. The lowest BCUT2D eigenvalue weighted by molar-refractivity contribution is 0.608. The molecule has 2 nitrogen and oxygen atoms in total. The molecule has 1 unspecified atom stereocenters. The first kappa shape index (κ1) is 15.5. The summed E-state index contributed by atoms with van der Waals surface area (Å²) < 4.78 is 13.6. The van der Waals surface area contributed by atoms with E-state index >= 15 is 0 Å². The van der Waals surface area contributed by atoms with Crippen LogP contribution in [0.25, 0.3) is 0 Å². The van der Waals surface area contributed by atoms with E-state index in [9.17, 15) is 4.39 Å². The van der Waals surface area contributed by atoms with Gasteiger partial charge >= 0.3 is 0 Å². The molecule has 0 aromatic heterocycles. The number of halogens is 1. The molecule has 0 spiro atoms. The number of hydrogen-bond donors (Lipinski definition) is 1. The zero-order valence-electron chi connectivity index (χ0n) is 13.2. The van der Waals surface area contributed by atoms with Gasteiger partial charge in [-0.2, -0.15) is 0 Å². The molecule has 0 aliphatic heterocycles. The van der Waals surface area contributed by atoms with E-state index < -0.39 is 0 Å². The van der Waals surface area contributed by atoms with Gasteiger partial charge in [-0.25, -0.2) is 4.39 Å². The highest BCUT2D eigenvalue weighted by molar-refractivity contribution is 5.66. The molecule has 0 saturated carbocycles. The lowest BCUT2D eigenvalue weighted by atomic mass is 10.0. The number of aryl methyl sites for hydroxylation is 1. The summed E-state index contributed by atoms with van der Waals surface area (Å²) in [5.41, 5.74) is 4.39. The van der Waals surface area contributed by atoms with Gasteiger partial charge in [-0.15, -0.1) is 0 Å². The molecule has 1 atom stereocenters. The predicted molar refractivity (Wildman–Crippen MR) is 87.8 cm³/mol. The fourth-order valence-corrected chi connectivity index (χ4v) is 2.43. The highest BCUT2D eigenvalue weighted by Gasteiger charge is 2.14. The van der Waals surface area contributed by atoms with Gasteiger partial charge in [-0.3, -0.25) is 0 Å². The van der Waals surface area contributed by atoms with Crippen molar-refractivity contribution in [2.75, 3.05) is 19.0 Å². The molecule has 3 heteroatoms. The van der Waals surface area contributed by atoms with Crippen LogP contribution in [0.2, 0.25) is 0 Å². The lowest BCUT2D eigenvalue weighted by Crippen LogP contribution is -2.18. The molecule has 0 aliphatic carbocycles. The van der Waals surface area contributed by atoms with Crippen molar-refractivity contribution in [3.63, 3.8) is 0 Å². The minimum absolute atomic E-state index is 0.0908. The van der Waals surface area contributed by atoms with Crippen LogP contribution in [0.5, 0.6) is 0 Å². The van der Waals surface area contributed by atoms with Gasteiger partial charge in [-0.1, -0.05) is 19.1 Å². The van der Waals surface area contributed by atoms with Crippen molar-refractivity contribution in [3.05, 3.63) is 59.4 Å². The fraction of sp³-hybridized carbons (Fsp3) is 0.333. The summed E-state index contributed by atoms with van der Waals surface area (Å²) in [5, 5.41) is 3.18. The molecule has 0 bridgehead atoms. The summed E-state index contributed by atoms with van der Waals surface area (Å²) in [6.07, 6.45) is 1.03. The van der Waals surface area contributed by atoms with E-state index in [1.54, 1.807) is 6.07 Å². The number of hydrogen-bond acceptors (Lipinski definition) is 2. The van der Waals surface area contributed by atoms with Crippen LogP contribution < -0.4 is 10.2 Å². The Kier molecular flexibility index (Phi) is 4.97. The first-order valence-corrected chi connectivity index (χ1v) is 7.36. The molecule has 0 fully saturated rings. The van der Waals surface area contributed by atoms with Crippen molar-refractivity contribution in [2.24, 2.45) is 0 Å². The van der Waals surface area contributed by atoms with Crippen LogP contribution in [-0.4, -0.2) is 14.1 Å². The number of rotatable bonds is 5. The van der Waals surface area contributed by atoms with Crippen molar-refractivity contribution < 1.29 is 4.39 Å². The van der Waals surface area contributed by atoms with Gasteiger partial charge in [-0.05, 0) is 61.9 Å². The molecule has 0 saturated heterocycles. The van der Waals surface area contributed by atoms with Crippen molar-refractivity contribution in [1.82, 2.24) is 5.32 Å². The Morgan fingerprint density at radius 1 is 1.14 bits per heavy atom. The Labute approximate surface area is 126 Å². The molecule has 0 radical (unpaired) electrons. The average Bonchev–Trinajstić information content (AvgIpc) is 2.53. The van der Waals surface area contributed by atoms with Crippen LogP contribution in [0.3, 0.4) is 0 Å². The Morgan fingerprint density at radius 3 is 2.38 bits per heavy atom. The molecule has 0 heterocycles. The fourth-order valence-electron chi connectivity index (χ4n) is 2.43. The summed E-state index contributed by atoms with van der Waals surface area (Å²) in [6, 6.07) is 13.5. The van der Waals surface area contributed by atoms with E-state index in [-0.39, 0.29) is 11.9 Å². The molecular weight excluding hydrogens is 263 g/mol. The quantitative estimate of drug-likeness (QED) is 0.874. The molecule has 2 rings (SSSR count). The summed E-state index contributed by atoms with van der Waals surface area (Å²) in [7, 11) is 3.90. The summed E-state index contributed by atoms with van der Waals surface area (Å²) in [5.74, 6) is -0.203. The van der Waals surface area contributed by atoms with Crippen molar-refractivity contribution in [2.45, 2.75) is 26.3 Å². The standard InChI is InChI=1S/C18H23FN2/c1-5-14-6-9-16(10-7-14)21(4)18-11-8-15(19)12-17(18)13(2)20-3/h6-13,20H,5H2,1-4H3. The topological polar surface area (TPSA) is 15.3 Å². The van der Waals surface area contributed by atoms with Crippen LogP contribution in [0.15, 0.2) is 42.5 Å². The van der Waals surface area contributed by atoms with Crippen LogP contribution in [0.4, 0.5) is 15.8 Å². The average molecular weight is 286 g/mol. The van der Waals surface area contributed by atoms with E-state index in [1.807, 2.05) is 27.1 Å². The highest BCUT2D eigenvalue weighted by atomic mass is 19.1. The third kappa shape index (κ3) is 3.42. The second-order valence-electron chi connectivity index (χ2n) is 5.29. The van der Waals surface area contributed by atoms with Gasteiger partial charge < -0.3 is 10.2 Å². The predicted octanol–water partition coefficient (Wildman–Crippen LogP) is 4.44. The van der Waals surface area contributed by atoms with Gasteiger partial charge in [0.1, 0.15) is 5.82 Å². The van der Waals surface area contributed by atoms with Crippen LogP contribution in [0.1, 0.15) is 31.0 Å². The lowest BCUT2D eigenvalue weighted by Gasteiger charge is -2.25. The van der Waals surface area contributed by atoms with E-state index in [0.29, 0.717) is 0 Å². The SMILES string of the molecule is CCc1ccc(N(C)c2ccc(F)cc2C(C)NC)cc1. The van der Waals surface area contributed by atoms with Gasteiger partial charge in [0.25, 0.3) is 0 Å². The first-order chi connectivity index (χ1) is 10.1. The molecule has 112 valence electrons. The minimum atomic E-state index is -0.203. The van der Waals surface area contributed by atoms with Crippen LogP contribution in [0, 0.1) is 5.82 Å². The monoisotopic (exact) mass is 286 g/mol. The molecule has 2 aromatic carbocycles. The van der Waals surface area contributed by atoms with Crippen LogP contribution in [-0.2, 0) is 6.42 Å². The molecule has 21 heavy (non-hydrogen) atoms. The first-order valence-electron chi connectivity index (χ1n) is 7.36. The summed E-state index contributed by atoms with van der Waals surface area (Å²) in [6.45, 7) is 4.18. The molecule has 2 aromatic rings. The van der Waals surface area contributed by atoms with E-state index in [0.717, 1.165) is 23.4 Å². The van der Waals surface area contributed by atoms with Gasteiger partial charge in [0.2, 0.25) is 0 Å². The third-order valence-corrected chi connectivity index (χ3v) is 3.98. The molecular formula is C18H23FN2. The maximum absolute atomic E-state index is 13.6. The Balaban J connectivity index is 2.39. The van der Waals surface area contributed by atoms with Crippen molar-refractivity contribution >= 4 is 11.4 Å². The maximum atomic E-state index is 13.6. The van der Waals surface area contributed by atoms with Crippen molar-refractivity contribution in [3.8, 4) is 0 Å². The zero-order chi connectivity index (χ0) is 15.4. The van der Waals surface area contributed by atoms with E-state index in [1.165, 1.54) is 11.6 Å². The minimum Gasteiger partial charge on any atom is -0.344 e.